The second-order valence-electron chi connectivity index (χ2n) is 5.32. The van der Waals surface area contributed by atoms with Crippen LogP contribution in [-0.4, -0.2) is 0 Å². The monoisotopic (exact) mass is 239 g/mol. The van der Waals surface area contributed by atoms with Gasteiger partial charge in [-0.15, -0.1) is 0 Å². The summed E-state index contributed by atoms with van der Waals surface area (Å²) in [5.74, 6) is 0. The Balaban J connectivity index is 2.54. The third-order valence-corrected chi connectivity index (χ3v) is 3.82. The Bertz CT molecular complexity index is 550. The average Bonchev–Trinajstić information content (AvgIpc) is 2.33. The fraction of sp³-hybridized carbons (Fsp3) is 0.294. The first-order valence-electron chi connectivity index (χ1n) is 6.35. The Kier molecular flexibility index (Phi) is 3.27. The van der Waals surface area contributed by atoms with Gasteiger partial charge in [-0.05, 0) is 49.9 Å². The summed E-state index contributed by atoms with van der Waals surface area (Å²) in [6.45, 7) is 8.45. The van der Waals surface area contributed by atoms with Crippen LogP contribution in [0, 0.1) is 20.8 Å². The van der Waals surface area contributed by atoms with Crippen molar-refractivity contribution in [3.05, 3.63) is 70.3 Å². The molecule has 2 aromatic carbocycles. The van der Waals surface area contributed by atoms with E-state index in [4.69, 9.17) is 5.73 Å². The molecule has 0 heterocycles. The van der Waals surface area contributed by atoms with Crippen LogP contribution in [0.15, 0.2) is 42.5 Å². The highest BCUT2D eigenvalue weighted by Gasteiger charge is 2.25. The van der Waals surface area contributed by atoms with Crippen LogP contribution in [0.4, 0.5) is 0 Å². The predicted molar refractivity (Wildman–Crippen MR) is 77.7 cm³/mol. The van der Waals surface area contributed by atoms with E-state index in [9.17, 15) is 0 Å². The maximum Gasteiger partial charge on any atom is 0.0639 e. The van der Waals surface area contributed by atoms with Gasteiger partial charge in [0.05, 0.1) is 5.54 Å². The van der Waals surface area contributed by atoms with Crippen LogP contribution in [0.3, 0.4) is 0 Å². The third kappa shape index (κ3) is 2.19. The van der Waals surface area contributed by atoms with E-state index in [1.807, 2.05) is 0 Å². The lowest BCUT2D eigenvalue weighted by Gasteiger charge is -2.28. The van der Waals surface area contributed by atoms with Gasteiger partial charge < -0.3 is 5.73 Å². The van der Waals surface area contributed by atoms with Crippen molar-refractivity contribution in [2.75, 3.05) is 0 Å². The first-order chi connectivity index (χ1) is 8.43. The van der Waals surface area contributed by atoms with E-state index in [0.717, 1.165) is 5.56 Å². The number of aryl methyl sites for hydroxylation is 2. The molecule has 2 aromatic rings. The van der Waals surface area contributed by atoms with Gasteiger partial charge in [0, 0.05) is 0 Å². The average molecular weight is 239 g/mol. The quantitative estimate of drug-likeness (QED) is 0.846. The highest BCUT2D eigenvalue weighted by molar-refractivity contribution is 5.44. The van der Waals surface area contributed by atoms with Crippen LogP contribution in [-0.2, 0) is 5.54 Å². The summed E-state index contributed by atoms with van der Waals surface area (Å²) in [4.78, 5) is 0. The molecule has 0 saturated heterocycles. The molecule has 2 N–H and O–H groups in total. The molecule has 0 radical (unpaired) electrons. The van der Waals surface area contributed by atoms with Crippen molar-refractivity contribution in [1.82, 2.24) is 0 Å². The number of nitrogens with two attached hydrogens (primary N) is 1. The van der Waals surface area contributed by atoms with Gasteiger partial charge in [-0.25, -0.2) is 0 Å². The molecule has 94 valence electrons. The summed E-state index contributed by atoms with van der Waals surface area (Å²) < 4.78 is 0. The van der Waals surface area contributed by atoms with E-state index in [1.165, 1.54) is 22.3 Å². The van der Waals surface area contributed by atoms with Gasteiger partial charge in [0.25, 0.3) is 0 Å². The van der Waals surface area contributed by atoms with E-state index in [1.54, 1.807) is 0 Å². The molecule has 0 aliphatic carbocycles. The molecule has 18 heavy (non-hydrogen) atoms. The minimum absolute atomic E-state index is 0.441. The Morgan fingerprint density at radius 2 is 1.50 bits per heavy atom. The van der Waals surface area contributed by atoms with Crippen LogP contribution in [0.1, 0.15) is 34.7 Å². The van der Waals surface area contributed by atoms with Gasteiger partial charge in [0.1, 0.15) is 0 Å². The van der Waals surface area contributed by atoms with Gasteiger partial charge in [-0.3, -0.25) is 0 Å². The van der Waals surface area contributed by atoms with Crippen molar-refractivity contribution in [2.24, 2.45) is 5.73 Å². The molecule has 1 heteroatoms. The first-order valence-corrected chi connectivity index (χ1v) is 6.35. The van der Waals surface area contributed by atoms with Crippen LogP contribution in [0.5, 0.6) is 0 Å². The molecule has 0 bridgehead atoms. The standard InChI is InChI=1S/C17H21N/c1-12-8-10-15(11-9-12)17(4,18)16-7-5-6-13(2)14(16)3/h5-11H,18H2,1-4H3. The Morgan fingerprint density at radius 3 is 2.11 bits per heavy atom. The molecule has 1 nitrogen and oxygen atoms in total. The highest BCUT2D eigenvalue weighted by atomic mass is 14.7. The second-order valence-corrected chi connectivity index (χ2v) is 5.32. The number of hydrogen-bond acceptors (Lipinski definition) is 1. The fourth-order valence-electron chi connectivity index (χ4n) is 2.37. The number of benzene rings is 2. The maximum atomic E-state index is 6.58. The zero-order valence-electron chi connectivity index (χ0n) is 11.6. The van der Waals surface area contributed by atoms with Crippen molar-refractivity contribution in [2.45, 2.75) is 33.2 Å². The maximum absolute atomic E-state index is 6.58. The number of hydrogen-bond donors (Lipinski definition) is 1. The summed E-state index contributed by atoms with van der Waals surface area (Å²) in [5, 5.41) is 0. The van der Waals surface area contributed by atoms with Gasteiger partial charge in [0.2, 0.25) is 0 Å². The summed E-state index contributed by atoms with van der Waals surface area (Å²) in [6.07, 6.45) is 0. The number of rotatable bonds is 2. The SMILES string of the molecule is Cc1ccc(C(C)(N)c2cccc(C)c2C)cc1. The lowest BCUT2D eigenvalue weighted by molar-refractivity contribution is 0.598. The van der Waals surface area contributed by atoms with E-state index in [-0.39, 0.29) is 0 Å². The van der Waals surface area contributed by atoms with Crippen molar-refractivity contribution in [3.63, 3.8) is 0 Å². The van der Waals surface area contributed by atoms with Crippen molar-refractivity contribution in [1.29, 1.82) is 0 Å². The smallest absolute Gasteiger partial charge is 0.0639 e. The van der Waals surface area contributed by atoms with Crippen molar-refractivity contribution >= 4 is 0 Å². The van der Waals surface area contributed by atoms with Crippen LogP contribution < -0.4 is 5.73 Å². The largest absolute Gasteiger partial charge is 0.318 e. The Labute approximate surface area is 110 Å². The molecule has 1 unspecified atom stereocenters. The summed E-state index contributed by atoms with van der Waals surface area (Å²) in [5.41, 5.74) is 12.3. The lowest BCUT2D eigenvalue weighted by atomic mass is 9.82. The minimum Gasteiger partial charge on any atom is -0.318 e. The highest BCUT2D eigenvalue weighted by Crippen LogP contribution is 2.30. The summed E-state index contributed by atoms with van der Waals surface area (Å²) >= 11 is 0. The molecule has 0 aromatic heterocycles. The first kappa shape index (κ1) is 12.8. The topological polar surface area (TPSA) is 26.0 Å². The van der Waals surface area contributed by atoms with Crippen molar-refractivity contribution in [3.8, 4) is 0 Å². The molecule has 0 spiro atoms. The molecule has 1 atom stereocenters. The molecule has 0 amide bonds. The van der Waals surface area contributed by atoms with Gasteiger partial charge in [-0.2, -0.15) is 0 Å². The van der Waals surface area contributed by atoms with E-state index >= 15 is 0 Å². The van der Waals surface area contributed by atoms with E-state index < -0.39 is 5.54 Å². The molecular weight excluding hydrogens is 218 g/mol. The zero-order valence-corrected chi connectivity index (χ0v) is 11.6. The minimum atomic E-state index is -0.441. The predicted octanol–water partition coefficient (Wildman–Crippen LogP) is 3.83. The Morgan fingerprint density at radius 1 is 0.889 bits per heavy atom. The normalized spacial score (nSPS) is 14.3. The van der Waals surface area contributed by atoms with Crippen LogP contribution >= 0.6 is 0 Å². The molecule has 0 saturated carbocycles. The van der Waals surface area contributed by atoms with Gasteiger partial charge in [-0.1, -0.05) is 48.0 Å². The molecule has 0 aliphatic heterocycles. The fourth-order valence-corrected chi connectivity index (χ4v) is 2.37. The summed E-state index contributed by atoms with van der Waals surface area (Å²) in [6, 6.07) is 14.8. The molecule has 0 fully saturated rings. The zero-order chi connectivity index (χ0) is 13.3. The molecule has 0 aliphatic rings. The molecule has 2 rings (SSSR count). The summed E-state index contributed by atoms with van der Waals surface area (Å²) in [7, 11) is 0. The van der Waals surface area contributed by atoms with Gasteiger partial charge >= 0.3 is 0 Å². The van der Waals surface area contributed by atoms with Crippen LogP contribution in [0.25, 0.3) is 0 Å². The van der Waals surface area contributed by atoms with E-state index in [0.29, 0.717) is 0 Å². The Hall–Kier alpha value is -1.60. The van der Waals surface area contributed by atoms with Crippen LogP contribution in [0.2, 0.25) is 0 Å². The van der Waals surface area contributed by atoms with Crippen molar-refractivity contribution < 1.29 is 0 Å². The van der Waals surface area contributed by atoms with E-state index in [2.05, 4.69) is 70.2 Å². The second kappa shape index (κ2) is 4.58. The molecular formula is C17H21N. The van der Waals surface area contributed by atoms with Gasteiger partial charge in [0.15, 0.2) is 0 Å². The third-order valence-electron chi connectivity index (χ3n) is 3.82. The lowest BCUT2D eigenvalue weighted by Crippen LogP contribution is -2.35.